The molecule has 1 nitrogen and oxygen atoms in total. The second kappa shape index (κ2) is 4.36. The van der Waals surface area contributed by atoms with Gasteiger partial charge < -0.3 is 4.90 Å². The molecule has 1 aromatic carbocycles. The van der Waals surface area contributed by atoms with Crippen LogP contribution in [-0.2, 0) is 0 Å². The summed E-state index contributed by atoms with van der Waals surface area (Å²) in [7, 11) is 0. The number of benzene rings is 1. The van der Waals surface area contributed by atoms with Crippen LogP contribution < -0.4 is 4.90 Å². The van der Waals surface area contributed by atoms with E-state index in [9.17, 15) is 0 Å². The molecule has 1 heterocycles. The quantitative estimate of drug-likeness (QED) is 0.724. The zero-order chi connectivity index (χ0) is 12.6. The van der Waals surface area contributed by atoms with E-state index in [1.807, 2.05) is 0 Å². The predicted octanol–water partition coefficient (Wildman–Crippen LogP) is 4.50. The Balaban J connectivity index is 2.50. The Morgan fingerprint density at radius 1 is 1.35 bits per heavy atom. The molecule has 1 unspecified atom stereocenters. The number of anilines is 1. The maximum Gasteiger partial charge on any atom is 0.0408 e. The van der Waals surface area contributed by atoms with Crippen LogP contribution in [0.3, 0.4) is 0 Å². The van der Waals surface area contributed by atoms with Gasteiger partial charge in [0.25, 0.3) is 0 Å². The molecule has 1 aliphatic heterocycles. The summed E-state index contributed by atoms with van der Waals surface area (Å²) < 4.78 is 0. The van der Waals surface area contributed by atoms with Crippen LogP contribution in [0, 0.1) is 6.92 Å². The summed E-state index contributed by atoms with van der Waals surface area (Å²) >= 11 is 0. The van der Waals surface area contributed by atoms with Crippen molar-refractivity contribution >= 4 is 5.69 Å². The lowest BCUT2D eigenvalue weighted by Gasteiger charge is -2.47. The number of hydrogen-bond acceptors (Lipinski definition) is 1. The average molecular weight is 231 g/mol. The topological polar surface area (TPSA) is 3.24 Å². The molecule has 0 aliphatic carbocycles. The maximum atomic E-state index is 2.61. The van der Waals surface area contributed by atoms with Crippen molar-refractivity contribution in [3.63, 3.8) is 0 Å². The molecule has 1 aromatic rings. The molecule has 0 amide bonds. The molecule has 1 heteroatoms. The van der Waals surface area contributed by atoms with Gasteiger partial charge in [-0.25, -0.2) is 0 Å². The second-order valence-corrected chi connectivity index (χ2v) is 6.13. The van der Waals surface area contributed by atoms with Gasteiger partial charge >= 0.3 is 0 Å². The van der Waals surface area contributed by atoms with Crippen molar-refractivity contribution in [3.8, 4) is 0 Å². The van der Waals surface area contributed by atoms with Gasteiger partial charge in [-0.2, -0.15) is 0 Å². The van der Waals surface area contributed by atoms with E-state index in [-0.39, 0.29) is 5.54 Å². The summed E-state index contributed by atoms with van der Waals surface area (Å²) in [6.45, 7) is 12.7. The zero-order valence-corrected chi connectivity index (χ0v) is 11.9. The van der Waals surface area contributed by atoms with Gasteiger partial charge in [0, 0.05) is 17.8 Å². The molecule has 94 valence electrons. The van der Waals surface area contributed by atoms with Gasteiger partial charge in [-0.05, 0) is 56.7 Å². The van der Waals surface area contributed by atoms with Crippen LogP contribution in [0.15, 0.2) is 18.2 Å². The summed E-state index contributed by atoms with van der Waals surface area (Å²) in [5.74, 6) is 0.675. The van der Waals surface area contributed by atoms with Crippen LogP contribution >= 0.6 is 0 Å². The molecule has 0 radical (unpaired) electrons. The molecule has 1 aliphatic rings. The largest absolute Gasteiger partial charge is 0.366 e. The Morgan fingerprint density at radius 2 is 2.06 bits per heavy atom. The standard InChI is InChI=1S/C16H25N/c1-6-9-17-15-10-12(2)7-8-14(15)13(3)11-16(17,4)5/h7-8,10,13H,6,9,11H2,1-5H3. The van der Waals surface area contributed by atoms with Crippen LogP contribution in [0.4, 0.5) is 5.69 Å². The Kier molecular flexibility index (Phi) is 3.20. The van der Waals surface area contributed by atoms with E-state index in [2.05, 4.69) is 57.7 Å². The fourth-order valence-corrected chi connectivity index (χ4v) is 3.25. The lowest BCUT2D eigenvalue weighted by atomic mass is 9.79. The van der Waals surface area contributed by atoms with E-state index in [1.165, 1.54) is 29.7 Å². The first-order chi connectivity index (χ1) is 7.95. The Morgan fingerprint density at radius 3 is 2.71 bits per heavy atom. The van der Waals surface area contributed by atoms with Crippen molar-refractivity contribution in [2.75, 3.05) is 11.4 Å². The van der Waals surface area contributed by atoms with Crippen molar-refractivity contribution in [1.82, 2.24) is 0 Å². The molecule has 0 saturated heterocycles. The SMILES string of the molecule is CCCN1c2cc(C)ccc2C(C)CC1(C)C. The highest BCUT2D eigenvalue weighted by molar-refractivity contribution is 5.60. The van der Waals surface area contributed by atoms with Crippen molar-refractivity contribution in [1.29, 1.82) is 0 Å². The normalized spacial score (nSPS) is 22.4. The van der Waals surface area contributed by atoms with Gasteiger partial charge in [0.05, 0.1) is 0 Å². The minimum absolute atomic E-state index is 0.288. The fourth-order valence-electron chi connectivity index (χ4n) is 3.25. The fraction of sp³-hybridized carbons (Fsp3) is 0.625. The first-order valence-corrected chi connectivity index (χ1v) is 6.84. The van der Waals surface area contributed by atoms with E-state index < -0.39 is 0 Å². The lowest BCUT2D eigenvalue weighted by Crippen LogP contribution is -2.48. The van der Waals surface area contributed by atoms with Crippen molar-refractivity contribution < 1.29 is 0 Å². The highest BCUT2D eigenvalue weighted by Crippen LogP contribution is 2.43. The van der Waals surface area contributed by atoms with Gasteiger partial charge in [0.15, 0.2) is 0 Å². The molecule has 0 saturated carbocycles. The molecule has 17 heavy (non-hydrogen) atoms. The highest BCUT2D eigenvalue weighted by Gasteiger charge is 2.35. The van der Waals surface area contributed by atoms with E-state index in [0.717, 1.165) is 6.54 Å². The molecular weight excluding hydrogens is 206 g/mol. The number of aryl methyl sites for hydroxylation is 1. The molecule has 2 rings (SSSR count). The van der Waals surface area contributed by atoms with Crippen LogP contribution in [0.2, 0.25) is 0 Å². The Bertz CT molecular complexity index is 406. The minimum atomic E-state index is 0.288. The van der Waals surface area contributed by atoms with Gasteiger partial charge in [0.2, 0.25) is 0 Å². The molecule has 0 spiro atoms. The van der Waals surface area contributed by atoms with Crippen molar-refractivity contribution in [2.24, 2.45) is 0 Å². The number of rotatable bonds is 2. The molecule has 1 atom stereocenters. The zero-order valence-electron chi connectivity index (χ0n) is 11.9. The van der Waals surface area contributed by atoms with Crippen LogP contribution in [-0.4, -0.2) is 12.1 Å². The minimum Gasteiger partial charge on any atom is -0.366 e. The maximum absolute atomic E-state index is 2.61. The van der Waals surface area contributed by atoms with E-state index in [0.29, 0.717) is 5.92 Å². The molecule has 0 N–H and O–H groups in total. The summed E-state index contributed by atoms with van der Waals surface area (Å²) in [6.07, 6.45) is 2.47. The van der Waals surface area contributed by atoms with E-state index in [4.69, 9.17) is 0 Å². The smallest absolute Gasteiger partial charge is 0.0408 e. The second-order valence-electron chi connectivity index (χ2n) is 6.13. The summed E-state index contributed by atoms with van der Waals surface area (Å²) in [6, 6.07) is 6.94. The van der Waals surface area contributed by atoms with Crippen molar-refractivity contribution in [3.05, 3.63) is 29.3 Å². The monoisotopic (exact) mass is 231 g/mol. The summed E-state index contributed by atoms with van der Waals surface area (Å²) in [5.41, 5.74) is 4.66. The van der Waals surface area contributed by atoms with E-state index >= 15 is 0 Å². The third-order valence-corrected chi connectivity index (χ3v) is 3.99. The molecular formula is C16H25N. The predicted molar refractivity (Wildman–Crippen MR) is 75.9 cm³/mol. The number of hydrogen-bond donors (Lipinski definition) is 0. The summed E-state index contributed by atoms with van der Waals surface area (Å²) in [4.78, 5) is 2.61. The third kappa shape index (κ3) is 2.20. The lowest BCUT2D eigenvalue weighted by molar-refractivity contribution is 0.376. The Hall–Kier alpha value is -0.980. The average Bonchev–Trinajstić information content (AvgIpc) is 2.23. The van der Waals surface area contributed by atoms with Gasteiger partial charge in [-0.3, -0.25) is 0 Å². The summed E-state index contributed by atoms with van der Waals surface area (Å²) in [5, 5.41) is 0. The number of nitrogens with zero attached hydrogens (tertiary/aromatic N) is 1. The molecule has 0 bridgehead atoms. The highest BCUT2D eigenvalue weighted by atomic mass is 15.2. The molecule has 0 fully saturated rings. The van der Waals surface area contributed by atoms with Crippen LogP contribution in [0.25, 0.3) is 0 Å². The first kappa shape index (κ1) is 12.5. The molecule has 0 aromatic heterocycles. The van der Waals surface area contributed by atoms with Gasteiger partial charge in [-0.15, -0.1) is 0 Å². The first-order valence-electron chi connectivity index (χ1n) is 6.84. The van der Waals surface area contributed by atoms with Crippen LogP contribution in [0.5, 0.6) is 0 Å². The van der Waals surface area contributed by atoms with Crippen molar-refractivity contribution in [2.45, 2.75) is 58.9 Å². The van der Waals surface area contributed by atoms with E-state index in [1.54, 1.807) is 0 Å². The van der Waals surface area contributed by atoms with Gasteiger partial charge in [0.1, 0.15) is 0 Å². The third-order valence-electron chi connectivity index (χ3n) is 3.99. The van der Waals surface area contributed by atoms with Gasteiger partial charge in [-0.1, -0.05) is 26.0 Å². The van der Waals surface area contributed by atoms with Crippen LogP contribution in [0.1, 0.15) is 57.6 Å². The number of fused-ring (bicyclic) bond motifs is 1. The Labute approximate surface area is 106 Å².